The number of nitriles is 1. The summed E-state index contributed by atoms with van der Waals surface area (Å²) in [6.45, 7) is 2.68. The lowest BCUT2D eigenvalue weighted by Crippen LogP contribution is -2.36. The highest BCUT2D eigenvalue weighted by atomic mass is 16.5. The van der Waals surface area contributed by atoms with Gasteiger partial charge in [0.15, 0.2) is 0 Å². The minimum atomic E-state index is -0.352. The molecule has 72 valence electrons. The smallest absolute Gasteiger partial charge is 0.201 e. The molecule has 0 amide bonds. The zero-order chi connectivity index (χ0) is 10.1. The minimum absolute atomic E-state index is 0.352. The van der Waals surface area contributed by atoms with Gasteiger partial charge in [-0.25, -0.2) is 0 Å². The molecule has 0 radical (unpaired) electrons. The summed E-state index contributed by atoms with van der Waals surface area (Å²) in [7, 11) is 1.98. The van der Waals surface area contributed by atoms with Crippen LogP contribution in [0.2, 0.25) is 0 Å². The van der Waals surface area contributed by atoms with Gasteiger partial charge in [0.25, 0.3) is 0 Å². The molecule has 0 aliphatic carbocycles. The van der Waals surface area contributed by atoms with Crippen LogP contribution in [-0.4, -0.2) is 19.7 Å². The molecule has 3 nitrogen and oxygen atoms in total. The number of aryl methyl sites for hydroxylation is 1. The third-order valence-electron chi connectivity index (χ3n) is 2.38. The van der Waals surface area contributed by atoms with Crippen molar-refractivity contribution >= 4 is 5.69 Å². The highest BCUT2D eigenvalue weighted by Crippen LogP contribution is 2.32. The molecule has 3 heteroatoms. The zero-order valence-electron chi connectivity index (χ0n) is 8.32. The number of rotatable bonds is 0. The molecule has 1 heterocycles. The van der Waals surface area contributed by atoms with Crippen molar-refractivity contribution in [3.8, 4) is 11.8 Å². The van der Waals surface area contributed by atoms with Gasteiger partial charge in [-0.1, -0.05) is 6.07 Å². The molecule has 1 unspecified atom stereocenters. The van der Waals surface area contributed by atoms with Crippen LogP contribution in [-0.2, 0) is 0 Å². The second-order valence-electron chi connectivity index (χ2n) is 3.59. The molecule has 0 fully saturated rings. The molecule has 0 N–H and O–H groups in total. The van der Waals surface area contributed by atoms with Crippen molar-refractivity contribution in [2.24, 2.45) is 0 Å². The summed E-state index contributed by atoms with van der Waals surface area (Å²) in [5.74, 6) is 0.802. The normalized spacial score (nSPS) is 19.5. The summed E-state index contributed by atoms with van der Waals surface area (Å²) in [4.78, 5) is 2.06. The van der Waals surface area contributed by atoms with Gasteiger partial charge in [0.1, 0.15) is 11.8 Å². The van der Waals surface area contributed by atoms with Gasteiger partial charge >= 0.3 is 0 Å². The van der Waals surface area contributed by atoms with E-state index < -0.39 is 0 Å². The number of fused-ring (bicyclic) bond motifs is 1. The third-order valence-corrected chi connectivity index (χ3v) is 2.38. The lowest BCUT2D eigenvalue weighted by Gasteiger charge is -2.30. The van der Waals surface area contributed by atoms with E-state index in [1.165, 1.54) is 5.56 Å². The van der Waals surface area contributed by atoms with E-state index in [0.29, 0.717) is 6.54 Å². The summed E-state index contributed by atoms with van der Waals surface area (Å²) >= 11 is 0. The van der Waals surface area contributed by atoms with Crippen molar-refractivity contribution in [1.82, 2.24) is 0 Å². The van der Waals surface area contributed by atoms with Gasteiger partial charge in [-0.15, -0.1) is 0 Å². The van der Waals surface area contributed by atoms with Gasteiger partial charge in [0.05, 0.1) is 12.2 Å². The van der Waals surface area contributed by atoms with Crippen molar-refractivity contribution in [2.45, 2.75) is 13.0 Å². The average Bonchev–Trinajstić information content (AvgIpc) is 2.19. The highest BCUT2D eigenvalue weighted by molar-refractivity contribution is 5.61. The van der Waals surface area contributed by atoms with Crippen LogP contribution in [0.1, 0.15) is 5.56 Å². The van der Waals surface area contributed by atoms with E-state index in [9.17, 15) is 0 Å². The van der Waals surface area contributed by atoms with E-state index in [1.54, 1.807) is 0 Å². The summed E-state index contributed by atoms with van der Waals surface area (Å²) in [6, 6.07) is 8.11. The zero-order valence-corrected chi connectivity index (χ0v) is 8.32. The summed E-state index contributed by atoms with van der Waals surface area (Å²) < 4.78 is 5.50. The summed E-state index contributed by atoms with van der Waals surface area (Å²) in [5, 5.41) is 8.79. The van der Waals surface area contributed by atoms with Gasteiger partial charge in [-0.2, -0.15) is 5.26 Å². The second-order valence-corrected chi connectivity index (χ2v) is 3.59. The molecule has 1 aromatic carbocycles. The monoisotopic (exact) mass is 188 g/mol. The number of hydrogen-bond acceptors (Lipinski definition) is 3. The van der Waals surface area contributed by atoms with E-state index in [4.69, 9.17) is 10.00 Å². The fourth-order valence-corrected chi connectivity index (χ4v) is 1.63. The number of likely N-dealkylation sites (N-methyl/N-ethyl adjacent to an activating group) is 1. The van der Waals surface area contributed by atoms with E-state index in [-0.39, 0.29) is 6.10 Å². The van der Waals surface area contributed by atoms with Crippen LogP contribution < -0.4 is 9.64 Å². The fourth-order valence-electron chi connectivity index (χ4n) is 1.63. The van der Waals surface area contributed by atoms with Crippen LogP contribution in [0.3, 0.4) is 0 Å². The predicted octanol–water partition coefficient (Wildman–Crippen LogP) is 1.72. The van der Waals surface area contributed by atoms with Crippen molar-refractivity contribution < 1.29 is 4.74 Å². The Bertz CT molecular complexity index is 395. The molecule has 14 heavy (non-hydrogen) atoms. The minimum Gasteiger partial charge on any atom is -0.472 e. The van der Waals surface area contributed by atoms with Gasteiger partial charge in [0.2, 0.25) is 6.10 Å². The van der Waals surface area contributed by atoms with E-state index in [2.05, 4.69) is 17.0 Å². The standard InChI is InChI=1S/C11H12N2O/c1-8-3-4-11-10(5-8)13(2)7-9(6-12)14-11/h3-5,9H,7H2,1-2H3. The maximum atomic E-state index is 8.79. The highest BCUT2D eigenvalue weighted by Gasteiger charge is 2.22. The van der Waals surface area contributed by atoms with Gasteiger partial charge in [-0.05, 0) is 24.6 Å². The fraction of sp³-hybridized carbons (Fsp3) is 0.364. The predicted molar refractivity (Wildman–Crippen MR) is 54.5 cm³/mol. The maximum absolute atomic E-state index is 8.79. The van der Waals surface area contributed by atoms with Crippen LogP contribution in [0.25, 0.3) is 0 Å². The number of ether oxygens (including phenoxy) is 1. The lowest BCUT2D eigenvalue weighted by molar-refractivity contribution is 0.248. The van der Waals surface area contributed by atoms with Crippen LogP contribution in [0.15, 0.2) is 18.2 Å². The molecular formula is C11H12N2O. The Balaban J connectivity index is 2.41. The molecule has 1 aliphatic rings. The third kappa shape index (κ3) is 1.39. The van der Waals surface area contributed by atoms with Gasteiger partial charge in [0, 0.05) is 7.05 Å². The van der Waals surface area contributed by atoms with Crippen LogP contribution in [0.5, 0.6) is 5.75 Å². The molecule has 1 aliphatic heterocycles. The Morgan fingerprint density at radius 3 is 3.07 bits per heavy atom. The lowest BCUT2D eigenvalue weighted by atomic mass is 10.1. The largest absolute Gasteiger partial charge is 0.472 e. The molecular weight excluding hydrogens is 176 g/mol. The Kier molecular flexibility index (Phi) is 2.05. The topological polar surface area (TPSA) is 36.3 Å². The molecule has 1 atom stereocenters. The summed E-state index contributed by atoms with van der Waals surface area (Å²) in [6.07, 6.45) is -0.352. The van der Waals surface area contributed by atoms with Crippen molar-refractivity contribution in [3.63, 3.8) is 0 Å². The van der Waals surface area contributed by atoms with Crippen LogP contribution >= 0.6 is 0 Å². The van der Waals surface area contributed by atoms with Gasteiger partial charge in [-0.3, -0.25) is 0 Å². The first-order chi connectivity index (χ1) is 6.70. The Morgan fingerprint density at radius 2 is 2.36 bits per heavy atom. The van der Waals surface area contributed by atoms with E-state index in [0.717, 1.165) is 11.4 Å². The summed E-state index contributed by atoms with van der Waals surface area (Å²) in [5.41, 5.74) is 2.27. The van der Waals surface area contributed by atoms with E-state index >= 15 is 0 Å². The Morgan fingerprint density at radius 1 is 1.57 bits per heavy atom. The SMILES string of the molecule is Cc1ccc2c(c1)N(C)CC(C#N)O2. The molecule has 2 rings (SSSR count). The second kappa shape index (κ2) is 3.22. The number of benzene rings is 1. The maximum Gasteiger partial charge on any atom is 0.201 e. The molecule has 0 saturated carbocycles. The van der Waals surface area contributed by atoms with Crippen LogP contribution in [0, 0.1) is 18.3 Å². The Hall–Kier alpha value is -1.69. The quantitative estimate of drug-likeness (QED) is 0.622. The first kappa shape index (κ1) is 8.89. The first-order valence-electron chi connectivity index (χ1n) is 4.59. The molecule has 0 aromatic heterocycles. The van der Waals surface area contributed by atoms with E-state index in [1.807, 2.05) is 26.1 Å². The molecule has 0 saturated heterocycles. The first-order valence-corrected chi connectivity index (χ1v) is 4.59. The molecule has 0 bridgehead atoms. The van der Waals surface area contributed by atoms with Crippen molar-refractivity contribution in [1.29, 1.82) is 5.26 Å². The Labute approximate surface area is 83.5 Å². The van der Waals surface area contributed by atoms with Crippen molar-refractivity contribution in [2.75, 3.05) is 18.5 Å². The van der Waals surface area contributed by atoms with Crippen molar-refractivity contribution in [3.05, 3.63) is 23.8 Å². The van der Waals surface area contributed by atoms with Crippen LogP contribution in [0.4, 0.5) is 5.69 Å². The number of anilines is 1. The number of nitrogens with zero attached hydrogens (tertiary/aromatic N) is 2. The molecule has 1 aromatic rings. The number of hydrogen-bond donors (Lipinski definition) is 0. The van der Waals surface area contributed by atoms with Gasteiger partial charge < -0.3 is 9.64 Å². The average molecular weight is 188 g/mol. The molecule has 0 spiro atoms.